The third-order valence-corrected chi connectivity index (χ3v) is 2.39. The predicted octanol–water partition coefficient (Wildman–Crippen LogP) is 2.64. The summed E-state index contributed by atoms with van der Waals surface area (Å²) in [5, 5.41) is 9.39. The van der Waals surface area contributed by atoms with Crippen LogP contribution in [0.3, 0.4) is 0 Å². The number of carbonyl (C=O) groups is 1. The minimum Gasteiger partial charge on any atom is -0.293 e. The Bertz CT molecular complexity index is 596. The van der Waals surface area contributed by atoms with Crippen LogP contribution in [0.25, 0.3) is 10.9 Å². The highest BCUT2D eigenvalue weighted by Crippen LogP contribution is 2.15. The van der Waals surface area contributed by atoms with Gasteiger partial charge in [-0.15, -0.1) is 0 Å². The Morgan fingerprint density at radius 2 is 2.19 bits per heavy atom. The summed E-state index contributed by atoms with van der Waals surface area (Å²) in [4.78, 5) is 15.9. The van der Waals surface area contributed by atoms with Crippen LogP contribution >= 0.6 is 0 Å². The van der Waals surface area contributed by atoms with E-state index < -0.39 is 0 Å². The van der Waals surface area contributed by atoms with Gasteiger partial charge in [-0.2, -0.15) is 5.26 Å². The monoisotopic (exact) mass is 210 g/mol. The maximum Gasteiger partial charge on any atom is 0.176 e. The second-order valence-corrected chi connectivity index (χ2v) is 3.62. The summed E-state index contributed by atoms with van der Waals surface area (Å²) in [6.45, 7) is 1.92. The fourth-order valence-corrected chi connectivity index (χ4v) is 1.57. The highest BCUT2D eigenvalue weighted by atomic mass is 16.1. The Morgan fingerprint density at radius 3 is 2.94 bits per heavy atom. The molecule has 1 heterocycles. The number of hydrogen-bond acceptors (Lipinski definition) is 3. The van der Waals surface area contributed by atoms with Crippen LogP contribution in [0.1, 0.15) is 22.5 Å². The number of pyridine rings is 1. The molecule has 0 saturated heterocycles. The molecule has 0 spiro atoms. The second kappa shape index (κ2) is 4.11. The summed E-state index contributed by atoms with van der Waals surface area (Å²) in [6, 6.07) is 11.0. The molecule has 16 heavy (non-hydrogen) atoms. The lowest BCUT2D eigenvalue weighted by Gasteiger charge is -2.01. The number of carbonyl (C=O) groups excluding carboxylic acids is 1. The zero-order valence-electron chi connectivity index (χ0n) is 8.90. The fraction of sp³-hybridized carbons (Fsp3) is 0.154. The molecule has 0 aliphatic carbocycles. The summed E-state index contributed by atoms with van der Waals surface area (Å²) in [5.74, 6) is -0.148. The van der Waals surface area contributed by atoms with Crippen LogP contribution in [-0.4, -0.2) is 10.8 Å². The van der Waals surface area contributed by atoms with Crippen molar-refractivity contribution in [3.05, 3.63) is 41.6 Å². The van der Waals surface area contributed by atoms with Crippen LogP contribution in [0.5, 0.6) is 0 Å². The van der Waals surface area contributed by atoms with Crippen LogP contribution in [-0.2, 0) is 0 Å². The molecule has 0 saturated carbocycles. The van der Waals surface area contributed by atoms with Crippen molar-refractivity contribution in [2.24, 2.45) is 0 Å². The molecule has 0 unspecified atom stereocenters. The van der Waals surface area contributed by atoms with Crippen molar-refractivity contribution >= 4 is 16.7 Å². The van der Waals surface area contributed by atoms with Gasteiger partial charge < -0.3 is 0 Å². The summed E-state index contributed by atoms with van der Waals surface area (Å²) in [5.41, 5.74) is 2.39. The van der Waals surface area contributed by atoms with Crippen molar-refractivity contribution in [1.29, 1.82) is 5.26 Å². The van der Waals surface area contributed by atoms with Crippen molar-refractivity contribution in [1.82, 2.24) is 4.98 Å². The first-order chi connectivity index (χ1) is 7.70. The SMILES string of the molecule is Cc1ccc2cc(C(=O)CC#N)ccc2n1. The summed E-state index contributed by atoms with van der Waals surface area (Å²) in [7, 11) is 0. The summed E-state index contributed by atoms with van der Waals surface area (Å²) in [6.07, 6.45) is -0.0786. The van der Waals surface area contributed by atoms with E-state index in [9.17, 15) is 4.79 Å². The van der Waals surface area contributed by atoms with Crippen molar-refractivity contribution in [3.8, 4) is 6.07 Å². The topological polar surface area (TPSA) is 53.8 Å². The van der Waals surface area contributed by atoms with E-state index in [1.165, 1.54) is 0 Å². The molecule has 0 N–H and O–H groups in total. The molecule has 0 fully saturated rings. The van der Waals surface area contributed by atoms with Crippen molar-refractivity contribution in [2.45, 2.75) is 13.3 Å². The Hall–Kier alpha value is -2.21. The standard InChI is InChI=1S/C13H10N2O/c1-9-2-3-10-8-11(13(16)6-7-14)4-5-12(10)15-9/h2-5,8H,6H2,1H3. The van der Waals surface area contributed by atoms with E-state index in [2.05, 4.69) is 4.98 Å². The number of aryl methyl sites for hydroxylation is 1. The zero-order valence-corrected chi connectivity index (χ0v) is 8.90. The van der Waals surface area contributed by atoms with Gasteiger partial charge in [-0.3, -0.25) is 9.78 Å². The third kappa shape index (κ3) is 1.91. The molecule has 0 radical (unpaired) electrons. The molecule has 1 aromatic carbocycles. The van der Waals surface area contributed by atoms with E-state index in [4.69, 9.17) is 5.26 Å². The Kier molecular flexibility index (Phi) is 2.65. The molecule has 0 atom stereocenters. The molecule has 0 bridgehead atoms. The molecule has 3 nitrogen and oxygen atoms in total. The fourth-order valence-electron chi connectivity index (χ4n) is 1.57. The van der Waals surface area contributed by atoms with Crippen LogP contribution in [0.2, 0.25) is 0 Å². The number of fused-ring (bicyclic) bond motifs is 1. The van der Waals surface area contributed by atoms with Gasteiger partial charge in [0, 0.05) is 16.6 Å². The number of aromatic nitrogens is 1. The van der Waals surface area contributed by atoms with E-state index in [1.807, 2.05) is 31.2 Å². The number of hydrogen-bond donors (Lipinski definition) is 0. The van der Waals surface area contributed by atoms with E-state index >= 15 is 0 Å². The number of Topliss-reactive ketones (excluding diaryl/α,β-unsaturated/α-hetero) is 1. The lowest BCUT2D eigenvalue weighted by atomic mass is 10.1. The minimum atomic E-state index is -0.148. The lowest BCUT2D eigenvalue weighted by Crippen LogP contribution is -1.97. The largest absolute Gasteiger partial charge is 0.293 e. The van der Waals surface area contributed by atoms with Crippen LogP contribution in [0.4, 0.5) is 0 Å². The van der Waals surface area contributed by atoms with Gasteiger partial charge in [-0.25, -0.2) is 0 Å². The summed E-state index contributed by atoms with van der Waals surface area (Å²) >= 11 is 0. The molecule has 0 aliphatic rings. The van der Waals surface area contributed by atoms with Crippen LogP contribution < -0.4 is 0 Å². The molecule has 78 valence electrons. The number of rotatable bonds is 2. The van der Waals surface area contributed by atoms with Crippen LogP contribution in [0.15, 0.2) is 30.3 Å². The first-order valence-corrected chi connectivity index (χ1v) is 4.98. The number of nitrogens with zero attached hydrogens (tertiary/aromatic N) is 2. The lowest BCUT2D eigenvalue weighted by molar-refractivity contribution is 0.0998. The van der Waals surface area contributed by atoms with E-state index in [1.54, 1.807) is 12.1 Å². The van der Waals surface area contributed by atoms with E-state index in [0.717, 1.165) is 16.6 Å². The molecule has 3 heteroatoms. The molecular weight excluding hydrogens is 200 g/mol. The van der Waals surface area contributed by atoms with Gasteiger partial charge in [0.15, 0.2) is 5.78 Å². The van der Waals surface area contributed by atoms with Gasteiger partial charge in [-0.05, 0) is 31.2 Å². The third-order valence-electron chi connectivity index (χ3n) is 2.39. The Morgan fingerprint density at radius 1 is 1.38 bits per heavy atom. The average Bonchev–Trinajstić information content (AvgIpc) is 2.28. The molecule has 2 rings (SSSR count). The van der Waals surface area contributed by atoms with Gasteiger partial charge in [0.05, 0.1) is 18.0 Å². The molecule has 0 aliphatic heterocycles. The Labute approximate surface area is 93.3 Å². The maximum atomic E-state index is 11.5. The number of ketones is 1. The van der Waals surface area contributed by atoms with Gasteiger partial charge in [0.25, 0.3) is 0 Å². The first kappa shape index (κ1) is 10.3. The number of benzene rings is 1. The van der Waals surface area contributed by atoms with Crippen molar-refractivity contribution in [3.63, 3.8) is 0 Å². The van der Waals surface area contributed by atoms with Crippen molar-refractivity contribution < 1.29 is 4.79 Å². The summed E-state index contributed by atoms with van der Waals surface area (Å²) < 4.78 is 0. The van der Waals surface area contributed by atoms with Gasteiger partial charge >= 0.3 is 0 Å². The van der Waals surface area contributed by atoms with Gasteiger partial charge in [-0.1, -0.05) is 6.07 Å². The number of nitriles is 1. The Balaban J connectivity index is 2.49. The van der Waals surface area contributed by atoms with Gasteiger partial charge in [0.1, 0.15) is 0 Å². The zero-order chi connectivity index (χ0) is 11.5. The predicted molar refractivity (Wildman–Crippen MR) is 61.0 cm³/mol. The van der Waals surface area contributed by atoms with Gasteiger partial charge in [0.2, 0.25) is 0 Å². The van der Waals surface area contributed by atoms with E-state index in [0.29, 0.717) is 5.56 Å². The molecular formula is C13H10N2O. The normalized spacial score (nSPS) is 10.0. The average molecular weight is 210 g/mol. The van der Waals surface area contributed by atoms with Crippen LogP contribution in [0, 0.1) is 18.3 Å². The highest BCUT2D eigenvalue weighted by Gasteiger charge is 2.06. The molecule has 1 aromatic heterocycles. The first-order valence-electron chi connectivity index (χ1n) is 4.98. The van der Waals surface area contributed by atoms with Crippen molar-refractivity contribution in [2.75, 3.05) is 0 Å². The second-order valence-electron chi connectivity index (χ2n) is 3.62. The minimum absolute atomic E-state index is 0.0786. The maximum absolute atomic E-state index is 11.5. The quantitative estimate of drug-likeness (QED) is 0.716. The molecule has 2 aromatic rings. The molecule has 0 amide bonds. The highest BCUT2D eigenvalue weighted by molar-refractivity contribution is 6.00. The van der Waals surface area contributed by atoms with E-state index in [-0.39, 0.29) is 12.2 Å². The smallest absolute Gasteiger partial charge is 0.176 e.